The molecule has 1 heterocycles. The van der Waals surface area contributed by atoms with E-state index >= 15 is 0 Å². The summed E-state index contributed by atoms with van der Waals surface area (Å²) >= 11 is 0. The highest BCUT2D eigenvalue weighted by Gasteiger charge is 2.30. The van der Waals surface area contributed by atoms with Gasteiger partial charge in [-0.05, 0) is 46.0 Å². The van der Waals surface area contributed by atoms with Gasteiger partial charge >= 0.3 is 0 Å². The van der Waals surface area contributed by atoms with Crippen molar-refractivity contribution in [3.8, 4) is 0 Å². The van der Waals surface area contributed by atoms with Crippen LogP contribution in [-0.2, 0) is 6.54 Å². The van der Waals surface area contributed by atoms with Crippen LogP contribution >= 0.6 is 0 Å². The minimum absolute atomic E-state index is 0.645. The van der Waals surface area contributed by atoms with Gasteiger partial charge in [-0.2, -0.15) is 5.10 Å². The van der Waals surface area contributed by atoms with Gasteiger partial charge in [-0.3, -0.25) is 4.68 Å². The minimum Gasteiger partial charge on any atom is -0.379 e. The molecule has 0 bridgehead atoms. The third-order valence-electron chi connectivity index (χ3n) is 3.64. The van der Waals surface area contributed by atoms with E-state index in [1.165, 1.54) is 30.6 Å². The van der Waals surface area contributed by atoms with E-state index in [1.807, 2.05) is 0 Å². The molecule has 0 aromatic carbocycles. The molecule has 1 atom stereocenters. The summed E-state index contributed by atoms with van der Waals surface area (Å²) in [5.74, 6) is 0.897. The summed E-state index contributed by atoms with van der Waals surface area (Å²) < 4.78 is 2.08. The highest BCUT2D eigenvalue weighted by Crippen LogP contribution is 2.36. The molecule has 1 aromatic rings. The molecule has 16 heavy (non-hydrogen) atoms. The largest absolute Gasteiger partial charge is 0.379 e. The molecule has 1 unspecified atom stereocenters. The lowest BCUT2D eigenvalue weighted by molar-refractivity contribution is 0.613. The van der Waals surface area contributed by atoms with Crippen LogP contribution < -0.4 is 5.32 Å². The molecule has 0 radical (unpaired) electrons. The first-order chi connectivity index (χ1) is 7.67. The molecule has 90 valence electrons. The summed E-state index contributed by atoms with van der Waals surface area (Å²) in [5.41, 5.74) is 3.68. The molecule has 0 amide bonds. The first-order valence-corrected chi connectivity index (χ1v) is 6.47. The Bertz CT molecular complexity index is 363. The molecule has 0 aliphatic heterocycles. The van der Waals surface area contributed by atoms with Crippen molar-refractivity contribution in [1.82, 2.24) is 9.78 Å². The summed E-state index contributed by atoms with van der Waals surface area (Å²) in [6.45, 7) is 9.62. The average Bonchev–Trinajstić information content (AvgIpc) is 3.06. The third-order valence-corrected chi connectivity index (χ3v) is 3.64. The zero-order valence-electron chi connectivity index (χ0n) is 10.9. The molecular weight excluding hydrogens is 198 g/mol. The molecule has 2 rings (SSSR count). The maximum Gasteiger partial charge on any atom is 0.0828 e. The van der Waals surface area contributed by atoms with E-state index in [9.17, 15) is 0 Å². The van der Waals surface area contributed by atoms with E-state index in [2.05, 4.69) is 42.8 Å². The number of nitrogens with zero attached hydrogens (tertiary/aromatic N) is 2. The van der Waals surface area contributed by atoms with Gasteiger partial charge in [0.2, 0.25) is 0 Å². The van der Waals surface area contributed by atoms with Crippen LogP contribution in [0, 0.1) is 19.8 Å². The first kappa shape index (κ1) is 11.5. The summed E-state index contributed by atoms with van der Waals surface area (Å²) in [6, 6.07) is 0.645. The van der Waals surface area contributed by atoms with Crippen LogP contribution in [0.25, 0.3) is 0 Å². The standard InChI is InChI=1S/C13H23N3/c1-5-12(11-7-8-11)14-13-9(3)15-16(6-2)10(13)4/h11-12,14H,5-8H2,1-4H3. The van der Waals surface area contributed by atoms with Crippen molar-refractivity contribution in [2.24, 2.45) is 5.92 Å². The Morgan fingerprint density at radius 2 is 2.06 bits per heavy atom. The van der Waals surface area contributed by atoms with E-state index in [0.29, 0.717) is 6.04 Å². The van der Waals surface area contributed by atoms with E-state index in [-0.39, 0.29) is 0 Å². The number of nitrogens with one attached hydrogen (secondary N) is 1. The van der Waals surface area contributed by atoms with E-state index in [1.54, 1.807) is 0 Å². The zero-order chi connectivity index (χ0) is 11.7. The van der Waals surface area contributed by atoms with Crippen molar-refractivity contribution in [2.45, 2.75) is 59.5 Å². The van der Waals surface area contributed by atoms with Crippen molar-refractivity contribution in [3.63, 3.8) is 0 Å². The predicted molar refractivity (Wildman–Crippen MR) is 67.8 cm³/mol. The first-order valence-electron chi connectivity index (χ1n) is 6.47. The van der Waals surface area contributed by atoms with Gasteiger partial charge in [-0.1, -0.05) is 6.92 Å². The fourth-order valence-electron chi connectivity index (χ4n) is 2.45. The second kappa shape index (κ2) is 4.48. The summed E-state index contributed by atoms with van der Waals surface area (Å²) in [4.78, 5) is 0. The molecule has 3 nitrogen and oxygen atoms in total. The Morgan fingerprint density at radius 1 is 1.38 bits per heavy atom. The lowest BCUT2D eigenvalue weighted by Crippen LogP contribution is -2.21. The molecule has 0 saturated heterocycles. The van der Waals surface area contributed by atoms with Crippen LogP contribution in [0.4, 0.5) is 5.69 Å². The van der Waals surface area contributed by atoms with Gasteiger partial charge in [-0.25, -0.2) is 0 Å². The van der Waals surface area contributed by atoms with Crippen molar-refractivity contribution in [1.29, 1.82) is 0 Å². The fraction of sp³-hybridized carbons (Fsp3) is 0.769. The highest BCUT2D eigenvalue weighted by molar-refractivity contribution is 5.53. The van der Waals surface area contributed by atoms with E-state index in [4.69, 9.17) is 0 Å². The van der Waals surface area contributed by atoms with Gasteiger partial charge in [-0.15, -0.1) is 0 Å². The lowest BCUT2D eigenvalue weighted by atomic mass is 10.1. The Kier molecular flexibility index (Phi) is 3.22. The van der Waals surface area contributed by atoms with E-state index in [0.717, 1.165) is 18.2 Å². The molecule has 1 aromatic heterocycles. The van der Waals surface area contributed by atoms with Crippen molar-refractivity contribution in [3.05, 3.63) is 11.4 Å². The van der Waals surface area contributed by atoms with Gasteiger partial charge in [0, 0.05) is 12.6 Å². The van der Waals surface area contributed by atoms with Gasteiger partial charge in [0.25, 0.3) is 0 Å². The molecule has 1 N–H and O–H groups in total. The number of rotatable bonds is 5. The summed E-state index contributed by atoms with van der Waals surface area (Å²) in [6.07, 6.45) is 4.00. The molecule has 1 fully saturated rings. The summed E-state index contributed by atoms with van der Waals surface area (Å²) in [5, 5.41) is 8.25. The third kappa shape index (κ3) is 2.08. The Labute approximate surface area is 98.2 Å². The average molecular weight is 221 g/mol. The number of anilines is 1. The number of hydrogen-bond acceptors (Lipinski definition) is 2. The number of hydrogen-bond donors (Lipinski definition) is 1. The van der Waals surface area contributed by atoms with Crippen LogP contribution in [0.15, 0.2) is 0 Å². The predicted octanol–water partition coefficient (Wildman–Crippen LogP) is 3.12. The van der Waals surface area contributed by atoms with Gasteiger partial charge < -0.3 is 5.32 Å². The van der Waals surface area contributed by atoms with Crippen molar-refractivity contribution in [2.75, 3.05) is 5.32 Å². The second-order valence-electron chi connectivity index (χ2n) is 4.86. The normalized spacial score (nSPS) is 17.5. The van der Waals surface area contributed by atoms with Crippen LogP contribution in [0.1, 0.15) is 44.5 Å². The lowest BCUT2D eigenvalue weighted by Gasteiger charge is -2.17. The zero-order valence-corrected chi connectivity index (χ0v) is 10.9. The Morgan fingerprint density at radius 3 is 2.50 bits per heavy atom. The van der Waals surface area contributed by atoms with Gasteiger partial charge in [0.1, 0.15) is 0 Å². The molecule has 3 heteroatoms. The maximum atomic E-state index is 4.55. The van der Waals surface area contributed by atoms with Crippen molar-refractivity contribution < 1.29 is 0 Å². The number of aryl methyl sites for hydroxylation is 2. The van der Waals surface area contributed by atoms with Crippen LogP contribution in [0.3, 0.4) is 0 Å². The Hall–Kier alpha value is -0.990. The molecule has 1 aliphatic carbocycles. The Balaban J connectivity index is 2.16. The SMILES string of the molecule is CCC(Nc1c(C)nn(CC)c1C)C1CC1. The fourth-order valence-corrected chi connectivity index (χ4v) is 2.45. The van der Waals surface area contributed by atoms with Gasteiger partial charge in [0.15, 0.2) is 0 Å². The van der Waals surface area contributed by atoms with E-state index < -0.39 is 0 Å². The monoisotopic (exact) mass is 221 g/mol. The van der Waals surface area contributed by atoms with Crippen LogP contribution in [0.5, 0.6) is 0 Å². The smallest absolute Gasteiger partial charge is 0.0828 e. The molecule has 1 aliphatic rings. The highest BCUT2D eigenvalue weighted by atomic mass is 15.3. The number of aromatic nitrogens is 2. The molecule has 1 saturated carbocycles. The minimum atomic E-state index is 0.645. The topological polar surface area (TPSA) is 29.9 Å². The summed E-state index contributed by atoms with van der Waals surface area (Å²) in [7, 11) is 0. The van der Waals surface area contributed by atoms with Crippen molar-refractivity contribution >= 4 is 5.69 Å². The van der Waals surface area contributed by atoms with Crippen LogP contribution in [-0.4, -0.2) is 15.8 Å². The van der Waals surface area contributed by atoms with Crippen LogP contribution in [0.2, 0.25) is 0 Å². The quantitative estimate of drug-likeness (QED) is 0.828. The molecule has 0 spiro atoms. The van der Waals surface area contributed by atoms with Gasteiger partial charge in [0.05, 0.1) is 17.1 Å². The maximum absolute atomic E-state index is 4.55. The molecular formula is C13H23N3. The second-order valence-corrected chi connectivity index (χ2v) is 4.86.